The van der Waals surface area contributed by atoms with E-state index in [1.807, 2.05) is 31.2 Å². The molecule has 1 heterocycles. The van der Waals surface area contributed by atoms with Gasteiger partial charge < -0.3 is 20.1 Å². The maximum absolute atomic E-state index is 12.3. The number of carbonyl (C=O) groups excluding carboxylic acids is 1. The largest absolute Gasteiger partial charge is 0.488 e. The lowest BCUT2D eigenvalue weighted by Gasteiger charge is -2.22. The molecule has 128 valence electrons. The lowest BCUT2D eigenvalue weighted by Crippen LogP contribution is -2.43. The number of para-hydroxylation sites is 1. The standard InChI is InChI=1S/C18H28N2O3/c1-4-16(23-17-8-6-5-7-13(17)2)9-19-18(22)20-10-14(3)15(11-20)12-21/h5-8,14-16,21H,4,9-12H2,1-3H3,(H,19,22)/t14-,15+,16?/m1/s1. The predicted octanol–water partition coefficient (Wildman–Crippen LogP) is 2.42. The van der Waals surface area contributed by atoms with Gasteiger partial charge >= 0.3 is 6.03 Å². The van der Waals surface area contributed by atoms with E-state index >= 15 is 0 Å². The molecule has 5 nitrogen and oxygen atoms in total. The number of rotatable bonds is 6. The van der Waals surface area contributed by atoms with Gasteiger partial charge in [0.25, 0.3) is 0 Å². The van der Waals surface area contributed by atoms with Crippen LogP contribution in [0.25, 0.3) is 0 Å². The minimum Gasteiger partial charge on any atom is -0.488 e. The molecule has 1 aromatic carbocycles. The molecule has 1 unspecified atom stereocenters. The first-order valence-corrected chi connectivity index (χ1v) is 8.41. The summed E-state index contributed by atoms with van der Waals surface area (Å²) in [5.74, 6) is 1.39. The smallest absolute Gasteiger partial charge is 0.317 e. The summed E-state index contributed by atoms with van der Waals surface area (Å²) in [6.45, 7) is 8.09. The minimum absolute atomic E-state index is 0.0475. The molecule has 1 aliphatic heterocycles. The summed E-state index contributed by atoms with van der Waals surface area (Å²) in [6.07, 6.45) is 0.776. The van der Waals surface area contributed by atoms with Gasteiger partial charge in [-0.3, -0.25) is 0 Å². The molecule has 0 radical (unpaired) electrons. The fourth-order valence-electron chi connectivity index (χ4n) is 2.89. The van der Waals surface area contributed by atoms with E-state index in [1.165, 1.54) is 0 Å². The highest BCUT2D eigenvalue weighted by molar-refractivity contribution is 5.74. The van der Waals surface area contributed by atoms with Gasteiger partial charge in [-0.2, -0.15) is 0 Å². The van der Waals surface area contributed by atoms with Gasteiger partial charge in [0.2, 0.25) is 0 Å². The average molecular weight is 320 g/mol. The summed E-state index contributed by atoms with van der Waals surface area (Å²) in [6, 6.07) is 7.83. The lowest BCUT2D eigenvalue weighted by molar-refractivity contribution is 0.174. The maximum atomic E-state index is 12.3. The van der Waals surface area contributed by atoms with Crippen LogP contribution in [0, 0.1) is 18.8 Å². The van der Waals surface area contributed by atoms with Crippen LogP contribution in [0.3, 0.4) is 0 Å². The number of nitrogens with one attached hydrogen (secondary N) is 1. The topological polar surface area (TPSA) is 61.8 Å². The maximum Gasteiger partial charge on any atom is 0.317 e. The molecule has 0 saturated carbocycles. The summed E-state index contributed by atoms with van der Waals surface area (Å²) in [7, 11) is 0. The van der Waals surface area contributed by atoms with Crippen molar-refractivity contribution in [2.45, 2.75) is 33.3 Å². The Morgan fingerprint density at radius 1 is 1.43 bits per heavy atom. The van der Waals surface area contributed by atoms with Crippen LogP contribution in [0.15, 0.2) is 24.3 Å². The van der Waals surface area contributed by atoms with E-state index in [4.69, 9.17) is 4.74 Å². The number of aryl methyl sites for hydroxylation is 1. The van der Waals surface area contributed by atoms with Crippen LogP contribution >= 0.6 is 0 Å². The Balaban J connectivity index is 1.83. The van der Waals surface area contributed by atoms with Gasteiger partial charge in [-0.1, -0.05) is 32.0 Å². The number of benzene rings is 1. The summed E-state index contributed by atoms with van der Waals surface area (Å²) in [5.41, 5.74) is 1.09. The molecule has 2 rings (SSSR count). The zero-order valence-corrected chi connectivity index (χ0v) is 14.3. The third-order valence-electron chi connectivity index (χ3n) is 4.61. The average Bonchev–Trinajstić information content (AvgIpc) is 2.94. The Morgan fingerprint density at radius 2 is 2.17 bits per heavy atom. The third kappa shape index (κ3) is 4.61. The van der Waals surface area contributed by atoms with E-state index in [0.29, 0.717) is 25.6 Å². The first-order chi connectivity index (χ1) is 11.0. The molecule has 0 aromatic heterocycles. The van der Waals surface area contributed by atoms with Crippen molar-refractivity contribution in [3.8, 4) is 5.75 Å². The highest BCUT2D eigenvalue weighted by atomic mass is 16.5. The molecule has 0 spiro atoms. The van der Waals surface area contributed by atoms with Crippen LogP contribution in [-0.4, -0.2) is 48.4 Å². The molecule has 0 aliphatic carbocycles. The number of urea groups is 1. The molecular weight excluding hydrogens is 292 g/mol. The number of hydrogen-bond donors (Lipinski definition) is 2. The molecule has 2 N–H and O–H groups in total. The first-order valence-electron chi connectivity index (χ1n) is 8.41. The molecule has 2 amide bonds. The van der Waals surface area contributed by atoms with Crippen LogP contribution in [-0.2, 0) is 0 Å². The fraction of sp³-hybridized carbons (Fsp3) is 0.611. The van der Waals surface area contributed by atoms with Crippen LogP contribution in [0.2, 0.25) is 0 Å². The van der Waals surface area contributed by atoms with Crippen LogP contribution in [0.5, 0.6) is 5.75 Å². The molecule has 1 aliphatic rings. The van der Waals surface area contributed by atoms with Crippen molar-refractivity contribution < 1.29 is 14.6 Å². The number of aliphatic hydroxyl groups excluding tert-OH is 1. The van der Waals surface area contributed by atoms with Crippen molar-refractivity contribution in [1.82, 2.24) is 10.2 Å². The van der Waals surface area contributed by atoms with E-state index in [2.05, 4.69) is 19.2 Å². The van der Waals surface area contributed by atoms with Crippen LogP contribution in [0.1, 0.15) is 25.8 Å². The van der Waals surface area contributed by atoms with Crippen molar-refractivity contribution >= 4 is 6.03 Å². The van der Waals surface area contributed by atoms with Gasteiger partial charge in [-0.15, -0.1) is 0 Å². The van der Waals surface area contributed by atoms with Gasteiger partial charge in [-0.25, -0.2) is 4.79 Å². The van der Waals surface area contributed by atoms with E-state index in [0.717, 1.165) is 17.7 Å². The number of likely N-dealkylation sites (tertiary alicyclic amines) is 1. The van der Waals surface area contributed by atoms with Crippen molar-refractivity contribution in [2.75, 3.05) is 26.2 Å². The monoisotopic (exact) mass is 320 g/mol. The number of ether oxygens (including phenoxy) is 1. The number of amides is 2. The van der Waals surface area contributed by atoms with Gasteiger partial charge in [0.15, 0.2) is 0 Å². The molecule has 1 fully saturated rings. The predicted molar refractivity (Wildman–Crippen MR) is 90.6 cm³/mol. The quantitative estimate of drug-likeness (QED) is 0.846. The Kier molecular flexibility index (Phi) is 6.28. The second-order valence-corrected chi connectivity index (χ2v) is 6.42. The van der Waals surface area contributed by atoms with Gasteiger partial charge in [0.1, 0.15) is 11.9 Å². The zero-order valence-electron chi connectivity index (χ0n) is 14.3. The first kappa shape index (κ1) is 17.6. The lowest BCUT2D eigenvalue weighted by atomic mass is 10.00. The van der Waals surface area contributed by atoms with E-state index < -0.39 is 0 Å². The highest BCUT2D eigenvalue weighted by Crippen LogP contribution is 2.22. The molecule has 0 bridgehead atoms. The minimum atomic E-state index is -0.0698. The van der Waals surface area contributed by atoms with Crippen molar-refractivity contribution in [1.29, 1.82) is 0 Å². The summed E-state index contributed by atoms with van der Waals surface area (Å²) < 4.78 is 6.00. The number of nitrogens with zero attached hydrogens (tertiary/aromatic N) is 1. The molecule has 3 atom stereocenters. The molecular formula is C18H28N2O3. The van der Waals surface area contributed by atoms with Crippen molar-refractivity contribution in [3.05, 3.63) is 29.8 Å². The SMILES string of the molecule is CCC(CNC(=O)N1C[C@@H](CO)[C@H](C)C1)Oc1ccccc1C. The highest BCUT2D eigenvalue weighted by Gasteiger charge is 2.31. The molecule has 1 saturated heterocycles. The van der Waals surface area contributed by atoms with E-state index in [9.17, 15) is 9.90 Å². The summed E-state index contributed by atoms with van der Waals surface area (Å²) in [5, 5.41) is 12.3. The zero-order chi connectivity index (χ0) is 16.8. The summed E-state index contributed by atoms with van der Waals surface area (Å²) in [4.78, 5) is 14.1. The van der Waals surface area contributed by atoms with Crippen LogP contribution < -0.4 is 10.1 Å². The summed E-state index contributed by atoms with van der Waals surface area (Å²) >= 11 is 0. The van der Waals surface area contributed by atoms with Crippen molar-refractivity contribution in [2.24, 2.45) is 11.8 Å². The number of aliphatic hydroxyl groups is 1. The normalized spacial score (nSPS) is 22.0. The van der Waals surface area contributed by atoms with Crippen LogP contribution in [0.4, 0.5) is 4.79 Å². The third-order valence-corrected chi connectivity index (χ3v) is 4.61. The fourth-order valence-corrected chi connectivity index (χ4v) is 2.89. The van der Waals surface area contributed by atoms with Crippen molar-refractivity contribution in [3.63, 3.8) is 0 Å². The number of hydrogen-bond acceptors (Lipinski definition) is 3. The van der Waals surface area contributed by atoms with E-state index in [-0.39, 0.29) is 24.7 Å². The molecule has 1 aromatic rings. The van der Waals surface area contributed by atoms with Gasteiger partial charge in [-0.05, 0) is 30.9 Å². The van der Waals surface area contributed by atoms with E-state index in [1.54, 1.807) is 4.90 Å². The van der Waals surface area contributed by atoms with Gasteiger partial charge in [0, 0.05) is 25.6 Å². The Bertz CT molecular complexity index is 521. The molecule has 23 heavy (non-hydrogen) atoms. The Labute approximate surface area is 138 Å². The Hall–Kier alpha value is -1.75. The van der Waals surface area contributed by atoms with Gasteiger partial charge in [0.05, 0.1) is 6.54 Å². The Morgan fingerprint density at radius 3 is 2.78 bits per heavy atom. The number of carbonyl (C=O) groups is 1. The second kappa shape index (κ2) is 8.20. The molecule has 5 heteroatoms. The second-order valence-electron chi connectivity index (χ2n) is 6.42.